The first kappa shape index (κ1) is 12.2. The number of carboxylic acid groups (broad SMARTS) is 1. The fourth-order valence-corrected chi connectivity index (χ4v) is 1.94. The summed E-state index contributed by atoms with van der Waals surface area (Å²) < 4.78 is 7.28. The molecule has 1 N–H and O–H groups in total. The number of aryl methyl sites for hydroxylation is 1. The van der Waals surface area contributed by atoms with Gasteiger partial charge < -0.3 is 9.84 Å². The lowest BCUT2D eigenvalue weighted by Crippen LogP contribution is -2.01. The first-order chi connectivity index (χ1) is 9.65. The standard InChI is InChI=1S/C14H11N3O3/c1-9-8-11-13(15-6-7-17(11)16-9)20-12-5-3-2-4-10(12)14(18)19/h2-8H,1H3,(H,18,19). The van der Waals surface area contributed by atoms with Crippen molar-refractivity contribution in [2.45, 2.75) is 6.92 Å². The molecular formula is C14H11N3O3. The maximum absolute atomic E-state index is 11.2. The molecule has 0 aliphatic carbocycles. The second kappa shape index (κ2) is 4.65. The highest BCUT2D eigenvalue weighted by molar-refractivity contribution is 5.91. The van der Waals surface area contributed by atoms with Crippen LogP contribution in [-0.2, 0) is 0 Å². The van der Waals surface area contributed by atoms with Crippen molar-refractivity contribution in [3.63, 3.8) is 0 Å². The summed E-state index contributed by atoms with van der Waals surface area (Å²) in [4.78, 5) is 15.3. The largest absolute Gasteiger partial charge is 0.478 e. The second-order valence-corrected chi connectivity index (χ2v) is 4.25. The summed E-state index contributed by atoms with van der Waals surface area (Å²) in [5.74, 6) is -0.474. The van der Waals surface area contributed by atoms with Crippen molar-refractivity contribution in [3.8, 4) is 11.6 Å². The van der Waals surface area contributed by atoms with E-state index < -0.39 is 5.97 Å². The van der Waals surface area contributed by atoms with Gasteiger partial charge in [0.05, 0.1) is 5.69 Å². The van der Waals surface area contributed by atoms with Gasteiger partial charge in [-0.1, -0.05) is 12.1 Å². The summed E-state index contributed by atoms with van der Waals surface area (Å²) in [6, 6.07) is 8.26. The Balaban J connectivity index is 2.08. The first-order valence-corrected chi connectivity index (χ1v) is 5.96. The molecule has 20 heavy (non-hydrogen) atoms. The van der Waals surface area contributed by atoms with Gasteiger partial charge in [-0.05, 0) is 25.1 Å². The molecule has 6 nitrogen and oxygen atoms in total. The number of hydrogen-bond acceptors (Lipinski definition) is 4. The predicted molar refractivity (Wildman–Crippen MR) is 71.2 cm³/mol. The van der Waals surface area contributed by atoms with Crippen molar-refractivity contribution >= 4 is 11.5 Å². The molecule has 0 aliphatic rings. The van der Waals surface area contributed by atoms with E-state index in [9.17, 15) is 4.79 Å². The van der Waals surface area contributed by atoms with Gasteiger partial charge in [0.25, 0.3) is 0 Å². The fourth-order valence-electron chi connectivity index (χ4n) is 1.94. The summed E-state index contributed by atoms with van der Waals surface area (Å²) in [5.41, 5.74) is 1.60. The van der Waals surface area contributed by atoms with Crippen molar-refractivity contribution in [3.05, 3.63) is 54.0 Å². The number of para-hydroxylation sites is 1. The van der Waals surface area contributed by atoms with Gasteiger partial charge >= 0.3 is 5.97 Å². The van der Waals surface area contributed by atoms with E-state index in [1.165, 1.54) is 6.07 Å². The normalized spacial score (nSPS) is 10.7. The molecule has 3 aromatic rings. The molecule has 0 spiro atoms. The molecule has 3 rings (SSSR count). The Labute approximate surface area is 114 Å². The minimum absolute atomic E-state index is 0.0903. The van der Waals surface area contributed by atoms with E-state index in [-0.39, 0.29) is 11.3 Å². The summed E-state index contributed by atoms with van der Waals surface area (Å²) in [7, 11) is 0. The molecule has 0 bridgehead atoms. The smallest absolute Gasteiger partial charge is 0.339 e. The molecule has 0 fully saturated rings. The molecule has 0 saturated carbocycles. The molecule has 100 valence electrons. The van der Waals surface area contributed by atoms with Crippen molar-refractivity contribution in [1.29, 1.82) is 0 Å². The van der Waals surface area contributed by atoms with Crippen LogP contribution < -0.4 is 4.74 Å². The third-order valence-corrected chi connectivity index (χ3v) is 2.80. The van der Waals surface area contributed by atoms with Crippen LogP contribution in [0.15, 0.2) is 42.7 Å². The quantitative estimate of drug-likeness (QED) is 0.790. The Morgan fingerprint density at radius 1 is 1.35 bits per heavy atom. The maximum atomic E-state index is 11.2. The summed E-state index contributed by atoms with van der Waals surface area (Å²) in [5, 5.41) is 13.4. The molecule has 2 heterocycles. The van der Waals surface area contributed by atoms with Crippen LogP contribution in [0.2, 0.25) is 0 Å². The summed E-state index contributed by atoms with van der Waals surface area (Å²) in [6.45, 7) is 1.86. The van der Waals surface area contributed by atoms with Gasteiger partial charge in [-0.25, -0.2) is 14.3 Å². The lowest BCUT2D eigenvalue weighted by atomic mass is 10.2. The van der Waals surface area contributed by atoms with Gasteiger partial charge in [0, 0.05) is 12.4 Å². The molecule has 0 atom stereocenters. The molecule has 0 unspecified atom stereocenters. The van der Waals surface area contributed by atoms with E-state index in [2.05, 4.69) is 10.1 Å². The van der Waals surface area contributed by atoms with Gasteiger partial charge in [0.15, 0.2) is 0 Å². The Morgan fingerprint density at radius 3 is 2.95 bits per heavy atom. The minimum atomic E-state index is -1.04. The van der Waals surface area contributed by atoms with Crippen LogP contribution in [0.1, 0.15) is 16.1 Å². The van der Waals surface area contributed by atoms with E-state index in [0.717, 1.165) is 5.69 Å². The second-order valence-electron chi connectivity index (χ2n) is 4.25. The van der Waals surface area contributed by atoms with E-state index in [4.69, 9.17) is 9.84 Å². The van der Waals surface area contributed by atoms with Crippen molar-refractivity contribution in [2.75, 3.05) is 0 Å². The van der Waals surface area contributed by atoms with Crippen LogP contribution in [-0.4, -0.2) is 25.7 Å². The molecule has 0 radical (unpaired) electrons. The first-order valence-electron chi connectivity index (χ1n) is 5.96. The van der Waals surface area contributed by atoms with Gasteiger partial charge in [-0.3, -0.25) is 0 Å². The Morgan fingerprint density at radius 2 is 2.15 bits per heavy atom. The van der Waals surface area contributed by atoms with Gasteiger partial charge in [0.1, 0.15) is 16.8 Å². The zero-order chi connectivity index (χ0) is 14.1. The van der Waals surface area contributed by atoms with Crippen LogP contribution in [0.5, 0.6) is 11.6 Å². The average Bonchev–Trinajstić information content (AvgIpc) is 2.80. The van der Waals surface area contributed by atoms with Gasteiger partial charge in [-0.15, -0.1) is 0 Å². The molecule has 6 heteroatoms. The number of carbonyl (C=O) groups is 1. The minimum Gasteiger partial charge on any atom is -0.478 e. The van der Waals surface area contributed by atoms with Crippen molar-refractivity contribution < 1.29 is 14.6 Å². The monoisotopic (exact) mass is 269 g/mol. The Hall–Kier alpha value is -2.89. The number of fused-ring (bicyclic) bond motifs is 1. The number of hydrogen-bond donors (Lipinski definition) is 1. The predicted octanol–water partition coefficient (Wildman–Crippen LogP) is 2.53. The Kier molecular flexibility index (Phi) is 2.83. The number of carboxylic acids is 1. The van der Waals surface area contributed by atoms with E-state index in [1.807, 2.05) is 13.0 Å². The van der Waals surface area contributed by atoms with E-state index in [1.54, 1.807) is 35.1 Å². The third kappa shape index (κ3) is 2.07. The van der Waals surface area contributed by atoms with Crippen molar-refractivity contribution in [2.24, 2.45) is 0 Å². The number of benzene rings is 1. The number of nitrogens with zero attached hydrogens (tertiary/aromatic N) is 3. The number of aromatic nitrogens is 3. The highest BCUT2D eigenvalue weighted by Crippen LogP contribution is 2.27. The fraction of sp³-hybridized carbons (Fsp3) is 0.0714. The number of aromatic carboxylic acids is 1. The van der Waals surface area contributed by atoms with Gasteiger partial charge in [-0.2, -0.15) is 5.10 Å². The molecule has 0 aliphatic heterocycles. The van der Waals surface area contributed by atoms with Crippen molar-refractivity contribution in [1.82, 2.24) is 14.6 Å². The summed E-state index contributed by atoms with van der Waals surface area (Å²) >= 11 is 0. The average molecular weight is 269 g/mol. The third-order valence-electron chi connectivity index (χ3n) is 2.80. The van der Waals surface area contributed by atoms with Crippen LogP contribution in [0.25, 0.3) is 5.52 Å². The zero-order valence-corrected chi connectivity index (χ0v) is 10.6. The van der Waals surface area contributed by atoms with Crippen LogP contribution >= 0.6 is 0 Å². The highest BCUT2D eigenvalue weighted by atomic mass is 16.5. The highest BCUT2D eigenvalue weighted by Gasteiger charge is 2.13. The molecular weight excluding hydrogens is 258 g/mol. The van der Waals surface area contributed by atoms with E-state index >= 15 is 0 Å². The molecule has 1 aromatic carbocycles. The lowest BCUT2D eigenvalue weighted by Gasteiger charge is -2.08. The maximum Gasteiger partial charge on any atom is 0.339 e. The molecule has 0 amide bonds. The molecule has 0 saturated heterocycles. The number of ether oxygens (including phenoxy) is 1. The van der Waals surface area contributed by atoms with Crippen LogP contribution in [0, 0.1) is 6.92 Å². The van der Waals surface area contributed by atoms with Crippen LogP contribution in [0.4, 0.5) is 0 Å². The SMILES string of the molecule is Cc1cc2c(Oc3ccccc3C(=O)O)nccn2n1. The lowest BCUT2D eigenvalue weighted by molar-refractivity contribution is 0.0694. The zero-order valence-electron chi connectivity index (χ0n) is 10.6. The number of rotatable bonds is 3. The van der Waals surface area contributed by atoms with Crippen LogP contribution in [0.3, 0.4) is 0 Å². The summed E-state index contributed by atoms with van der Waals surface area (Å²) in [6.07, 6.45) is 3.26. The topological polar surface area (TPSA) is 76.7 Å². The Bertz CT molecular complexity index is 795. The van der Waals surface area contributed by atoms with Gasteiger partial charge in [0.2, 0.25) is 5.88 Å². The molecule has 2 aromatic heterocycles. The van der Waals surface area contributed by atoms with E-state index in [0.29, 0.717) is 11.4 Å².